The Bertz CT molecular complexity index is 4750. The predicted molar refractivity (Wildman–Crippen MR) is 334 cm³/mol. The number of hydrogen-bond acceptors (Lipinski definition) is 2. The number of aromatic nitrogens is 1. The van der Waals surface area contributed by atoms with Crippen molar-refractivity contribution < 1.29 is 0 Å². The molecule has 0 radical (unpaired) electrons. The SMILES string of the molecule is c1ccc(-c2c3ccccc3c(-c3cccc(-n4c5ccc(-c6cccc7c6sc6c(-c8ccccc8)cccc67)cc5c5cc(-c6cccc7c6sc6c(-c8ccccc8)cccc67)ccc54)c3)c3ccccc23)cc1. The highest BCUT2D eigenvalue weighted by atomic mass is 32.1. The molecule has 0 saturated carbocycles. The molecule has 358 valence electrons. The van der Waals surface area contributed by atoms with E-state index in [1.807, 2.05) is 22.7 Å². The van der Waals surface area contributed by atoms with Gasteiger partial charge in [-0.05, 0) is 125 Å². The van der Waals surface area contributed by atoms with Crippen LogP contribution in [0, 0.1) is 0 Å². The maximum atomic E-state index is 2.50. The van der Waals surface area contributed by atoms with Gasteiger partial charge in [0.15, 0.2) is 0 Å². The first-order chi connectivity index (χ1) is 38.2. The third-order valence-corrected chi connectivity index (χ3v) is 18.6. The summed E-state index contributed by atoms with van der Waals surface area (Å²) in [6, 6.07) is 101. The third-order valence-electron chi connectivity index (χ3n) is 16.0. The van der Waals surface area contributed by atoms with Crippen LogP contribution in [0.2, 0.25) is 0 Å². The molecule has 0 bridgehead atoms. The molecule has 1 nitrogen and oxygen atoms in total. The van der Waals surface area contributed by atoms with Crippen LogP contribution in [0.4, 0.5) is 0 Å². The zero-order valence-electron chi connectivity index (χ0n) is 41.7. The highest BCUT2D eigenvalue weighted by molar-refractivity contribution is 7.27. The second kappa shape index (κ2) is 17.6. The van der Waals surface area contributed by atoms with Gasteiger partial charge in [-0.1, -0.05) is 237 Å². The van der Waals surface area contributed by atoms with Crippen molar-refractivity contribution >= 4 is 106 Å². The molecule has 13 aromatic carbocycles. The second-order valence-electron chi connectivity index (χ2n) is 20.2. The Hall–Kier alpha value is -9.38. The number of hydrogen-bond donors (Lipinski definition) is 0. The molecule has 0 aliphatic heterocycles. The van der Waals surface area contributed by atoms with Gasteiger partial charge in [-0.3, -0.25) is 0 Å². The fourth-order valence-electron chi connectivity index (χ4n) is 12.6. The molecular weight excluding hydrogens is 967 g/mol. The first-order valence-corrected chi connectivity index (χ1v) is 28.0. The van der Waals surface area contributed by atoms with Gasteiger partial charge in [-0.2, -0.15) is 0 Å². The van der Waals surface area contributed by atoms with Crippen molar-refractivity contribution in [2.24, 2.45) is 0 Å². The molecule has 0 amide bonds. The van der Waals surface area contributed by atoms with Crippen LogP contribution in [0.25, 0.3) is 156 Å². The lowest BCUT2D eigenvalue weighted by Gasteiger charge is -2.18. The molecule has 0 aliphatic carbocycles. The standard InChI is InChI=1S/C74H45NS2/c1-4-19-46(20-5-1)53-31-15-35-61-63-37-17-33-55(73(63)76-71(53)61)49-39-41-67-65(44-49)66-45-50(56-34-18-38-64-62-36-16-32-54(72(62)77-74(56)64)47-21-6-2-7-22-47)40-42-68(66)75(67)52-26-14-25-51(43-52)70-59-29-12-10-27-57(59)69(48-23-8-3-9-24-48)58-28-11-13-30-60(58)70/h1-45H. The van der Waals surface area contributed by atoms with Crippen LogP contribution in [0.1, 0.15) is 0 Å². The summed E-state index contributed by atoms with van der Waals surface area (Å²) in [5.74, 6) is 0. The molecule has 0 aliphatic rings. The number of nitrogens with zero attached hydrogens (tertiary/aromatic N) is 1. The fraction of sp³-hybridized carbons (Fsp3) is 0. The molecule has 3 heterocycles. The van der Waals surface area contributed by atoms with E-state index in [0.29, 0.717) is 0 Å². The first kappa shape index (κ1) is 44.0. The van der Waals surface area contributed by atoms with Crippen molar-refractivity contribution in [2.75, 3.05) is 0 Å². The van der Waals surface area contributed by atoms with Crippen molar-refractivity contribution in [3.63, 3.8) is 0 Å². The molecular formula is C74H45NS2. The van der Waals surface area contributed by atoms with Crippen molar-refractivity contribution in [2.45, 2.75) is 0 Å². The minimum atomic E-state index is 1.13. The van der Waals surface area contributed by atoms with Gasteiger partial charge in [0.05, 0.1) is 11.0 Å². The van der Waals surface area contributed by atoms with E-state index >= 15 is 0 Å². The molecule has 3 aromatic heterocycles. The Morgan fingerprint density at radius 3 is 0.948 bits per heavy atom. The predicted octanol–water partition coefficient (Wildman–Crippen LogP) is 21.8. The topological polar surface area (TPSA) is 4.93 Å². The molecule has 16 rings (SSSR count). The van der Waals surface area contributed by atoms with E-state index in [1.165, 1.54) is 150 Å². The van der Waals surface area contributed by atoms with E-state index < -0.39 is 0 Å². The molecule has 0 N–H and O–H groups in total. The second-order valence-corrected chi connectivity index (χ2v) is 22.3. The minimum Gasteiger partial charge on any atom is -0.309 e. The molecule has 3 heteroatoms. The van der Waals surface area contributed by atoms with Gasteiger partial charge >= 0.3 is 0 Å². The van der Waals surface area contributed by atoms with Gasteiger partial charge in [0, 0.05) is 56.8 Å². The molecule has 0 unspecified atom stereocenters. The summed E-state index contributed by atoms with van der Waals surface area (Å²) in [6.45, 7) is 0. The van der Waals surface area contributed by atoms with Crippen molar-refractivity contribution in [1.29, 1.82) is 0 Å². The lowest BCUT2D eigenvalue weighted by atomic mass is 9.86. The van der Waals surface area contributed by atoms with E-state index in [0.717, 1.165) is 5.69 Å². The van der Waals surface area contributed by atoms with E-state index in [-0.39, 0.29) is 0 Å². The van der Waals surface area contributed by atoms with Crippen LogP contribution >= 0.6 is 22.7 Å². The Kier molecular flexibility index (Phi) is 10.1. The van der Waals surface area contributed by atoms with E-state index in [2.05, 4.69) is 278 Å². The zero-order chi connectivity index (χ0) is 50.6. The Morgan fingerprint density at radius 1 is 0.208 bits per heavy atom. The maximum Gasteiger partial charge on any atom is 0.0541 e. The van der Waals surface area contributed by atoms with Crippen LogP contribution < -0.4 is 0 Å². The van der Waals surface area contributed by atoms with Gasteiger partial charge in [-0.25, -0.2) is 0 Å². The van der Waals surface area contributed by atoms with Crippen LogP contribution in [-0.4, -0.2) is 4.57 Å². The van der Waals surface area contributed by atoms with Gasteiger partial charge in [0.25, 0.3) is 0 Å². The molecule has 0 saturated heterocycles. The summed E-state index contributed by atoms with van der Waals surface area (Å²) in [4.78, 5) is 0. The summed E-state index contributed by atoms with van der Waals surface area (Å²) in [7, 11) is 0. The first-order valence-electron chi connectivity index (χ1n) is 26.4. The fourth-order valence-corrected chi connectivity index (χ4v) is 15.3. The molecule has 16 aromatic rings. The van der Waals surface area contributed by atoms with E-state index in [1.54, 1.807) is 0 Å². The van der Waals surface area contributed by atoms with E-state index in [9.17, 15) is 0 Å². The zero-order valence-corrected chi connectivity index (χ0v) is 43.4. The monoisotopic (exact) mass is 1010 g/mol. The van der Waals surface area contributed by atoms with Gasteiger partial charge in [-0.15, -0.1) is 22.7 Å². The quantitative estimate of drug-likeness (QED) is 0.140. The third kappa shape index (κ3) is 6.91. The summed E-state index contributed by atoms with van der Waals surface area (Å²) in [5.41, 5.74) is 18.4. The smallest absolute Gasteiger partial charge is 0.0541 e. The van der Waals surface area contributed by atoms with Gasteiger partial charge in [0.2, 0.25) is 0 Å². The number of rotatable bonds is 7. The largest absolute Gasteiger partial charge is 0.309 e. The van der Waals surface area contributed by atoms with Crippen LogP contribution in [0.3, 0.4) is 0 Å². The maximum absolute atomic E-state index is 2.50. The Balaban J connectivity index is 0.926. The molecule has 0 spiro atoms. The van der Waals surface area contributed by atoms with Crippen molar-refractivity contribution in [3.05, 3.63) is 273 Å². The summed E-state index contributed by atoms with van der Waals surface area (Å²) in [5, 5.41) is 12.7. The Labute approximate surface area is 453 Å². The average molecular weight is 1010 g/mol. The minimum absolute atomic E-state index is 1.13. The number of thiophene rings is 2. The van der Waals surface area contributed by atoms with Crippen LogP contribution in [-0.2, 0) is 0 Å². The number of benzene rings is 13. The van der Waals surface area contributed by atoms with Crippen molar-refractivity contribution in [3.8, 4) is 72.4 Å². The Morgan fingerprint density at radius 2 is 0.532 bits per heavy atom. The van der Waals surface area contributed by atoms with Crippen LogP contribution in [0.5, 0.6) is 0 Å². The average Bonchev–Trinajstić information content (AvgIpc) is 4.29. The van der Waals surface area contributed by atoms with Crippen molar-refractivity contribution in [1.82, 2.24) is 4.57 Å². The molecule has 0 atom stereocenters. The van der Waals surface area contributed by atoms with E-state index in [4.69, 9.17) is 0 Å². The highest BCUT2D eigenvalue weighted by Gasteiger charge is 2.22. The normalized spacial score (nSPS) is 11.9. The van der Waals surface area contributed by atoms with Crippen LogP contribution in [0.15, 0.2) is 273 Å². The highest BCUT2D eigenvalue weighted by Crippen LogP contribution is 2.49. The molecule has 77 heavy (non-hydrogen) atoms. The number of fused-ring (bicyclic) bond motifs is 11. The van der Waals surface area contributed by atoms with Gasteiger partial charge in [0.1, 0.15) is 0 Å². The summed E-state index contributed by atoms with van der Waals surface area (Å²) >= 11 is 3.83. The summed E-state index contributed by atoms with van der Waals surface area (Å²) < 4.78 is 7.77. The molecule has 0 fully saturated rings. The lowest BCUT2D eigenvalue weighted by Crippen LogP contribution is -1.95. The van der Waals surface area contributed by atoms with Gasteiger partial charge < -0.3 is 4.57 Å². The summed E-state index contributed by atoms with van der Waals surface area (Å²) in [6.07, 6.45) is 0. The lowest BCUT2D eigenvalue weighted by molar-refractivity contribution is 1.18.